The fourth-order valence-electron chi connectivity index (χ4n) is 2.02. The van der Waals surface area contributed by atoms with Crippen molar-refractivity contribution in [2.24, 2.45) is 0 Å². The molecule has 2 N–H and O–H groups in total. The van der Waals surface area contributed by atoms with Crippen LogP contribution in [-0.4, -0.2) is 89.2 Å². The van der Waals surface area contributed by atoms with E-state index in [9.17, 15) is 16.8 Å². The Morgan fingerprint density at radius 3 is 1.88 bits per heavy atom. The van der Waals surface area contributed by atoms with E-state index in [0.29, 0.717) is 26.2 Å². The number of rotatable bonds is 17. The van der Waals surface area contributed by atoms with Crippen molar-refractivity contribution in [3.05, 3.63) is 0 Å². The highest BCUT2D eigenvalue weighted by molar-refractivity contribution is 7.91. The van der Waals surface area contributed by atoms with Gasteiger partial charge in [0.1, 0.15) is 0 Å². The van der Waals surface area contributed by atoms with Crippen molar-refractivity contribution in [3.8, 4) is 0 Å². The summed E-state index contributed by atoms with van der Waals surface area (Å²) in [4.78, 5) is 2.09. The van der Waals surface area contributed by atoms with Gasteiger partial charge in [-0.05, 0) is 13.0 Å². The van der Waals surface area contributed by atoms with Gasteiger partial charge in [-0.15, -0.1) is 23.2 Å². The molecule has 0 aromatic rings. The van der Waals surface area contributed by atoms with Crippen LogP contribution >= 0.6 is 23.2 Å². The number of unbranched alkanes of at least 4 members (excludes halogenated alkanes) is 1. The van der Waals surface area contributed by atoms with Gasteiger partial charge < -0.3 is 4.90 Å². The summed E-state index contributed by atoms with van der Waals surface area (Å²) in [6, 6.07) is 0. The number of nitrogens with zero attached hydrogens (tertiary/aromatic N) is 1. The van der Waals surface area contributed by atoms with Crippen molar-refractivity contribution in [3.63, 3.8) is 0 Å². The first-order valence-corrected chi connectivity index (χ1v) is 13.2. The average Bonchev–Trinajstić information content (AvgIpc) is 2.52. The molecule has 0 amide bonds. The van der Waals surface area contributed by atoms with E-state index in [-0.39, 0.29) is 34.8 Å². The number of hydrazine groups is 1. The normalized spacial score (nSPS) is 12.8. The highest BCUT2D eigenvalue weighted by atomic mass is 35.5. The molecule has 0 aromatic heterocycles. The highest BCUT2D eigenvalue weighted by Gasteiger charge is 2.13. The molecule has 152 valence electrons. The van der Waals surface area contributed by atoms with Crippen LogP contribution in [-0.2, 0) is 19.7 Å². The van der Waals surface area contributed by atoms with Gasteiger partial charge in [-0.1, -0.05) is 13.3 Å². The van der Waals surface area contributed by atoms with Crippen molar-refractivity contribution >= 4 is 42.9 Å². The molecular weight excluding hydrogens is 409 g/mol. The molecule has 0 rings (SSSR count). The third kappa shape index (κ3) is 15.1. The molecule has 0 saturated heterocycles. The maximum atomic E-state index is 11.8. The molecule has 0 aromatic carbocycles. The highest BCUT2D eigenvalue weighted by Crippen LogP contribution is 1.99. The molecule has 11 heteroatoms. The SMILES string of the molecule is CCCCN(CCNNCCS(=O)(=O)CCCl)CCS(=O)(=O)CCCl. The van der Waals surface area contributed by atoms with E-state index in [2.05, 4.69) is 22.7 Å². The van der Waals surface area contributed by atoms with E-state index in [1.54, 1.807) is 0 Å². The van der Waals surface area contributed by atoms with E-state index in [4.69, 9.17) is 23.2 Å². The van der Waals surface area contributed by atoms with E-state index >= 15 is 0 Å². The molecule has 0 bridgehead atoms. The average molecular weight is 440 g/mol. The standard InChI is InChI=1S/C14H31Cl2N3O4S2/c1-2-3-8-19(10-14-25(22,23)12-5-16)9-6-17-18-7-13-24(20,21)11-4-15/h17-18H,2-14H2,1H3. The molecule has 7 nitrogen and oxygen atoms in total. The quantitative estimate of drug-likeness (QED) is 0.193. The molecule has 0 spiro atoms. The van der Waals surface area contributed by atoms with Crippen LogP contribution in [0.2, 0.25) is 0 Å². The lowest BCUT2D eigenvalue weighted by Gasteiger charge is -2.22. The lowest BCUT2D eigenvalue weighted by Crippen LogP contribution is -2.42. The monoisotopic (exact) mass is 439 g/mol. The zero-order chi connectivity index (χ0) is 19.2. The van der Waals surface area contributed by atoms with Gasteiger partial charge in [0.05, 0.1) is 23.0 Å². The zero-order valence-electron chi connectivity index (χ0n) is 14.8. The summed E-state index contributed by atoms with van der Waals surface area (Å²) in [6.07, 6.45) is 2.04. The number of hydrogen-bond donors (Lipinski definition) is 2. The summed E-state index contributed by atoms with van der Waals surface area (Å²) in [5.74, 6) is 0.352. The third-order valence-electron chi connectivity index (χ3n) is 3.54. The number of sulfone groups is 2. The summed E-state index contributed by atoms with van der Waals surface area (Å²) in [5, 5.41) is 0. The first kappa shape index (κ1) is 25.4. The number of nitrogens with one attached hydrogen (secondary N) is 2. The van der Waals surface area contributed by atoms with Gasteiger partial charge in [-0.25, -0.2) is 16.8 Å². The Morgan fingerprint density at radius 2 is 1.32 bits per heavy atom. The minimum absolute atomic E-state index is 0.00670. The van der Waals surface area contributed by atoms with Gasteiger partial charge in [0, 0.05) is 37.9 Å². The molecule has 0 aliphatic rings. The summed E-state index contributed by atoms with van der Waals surface area (Å²) >= 11 is 10.9. The predicted molar refractivity (Wildman–Crippen MR) is 106 cm³/mol. The lowest BCUT2D eigenvalue weighted by molar-refractivity contribution is 0.278. The molecule has 0 saturated carbocycles. The molecule has 0 unspecified atom stereocenters. The third-order valence-corrected chi connectivity index (χ3v) is 7.65. The van der Waals surface area contributed by atoms with Crippen LogP contribution in [0, 0.1) is 0 Å². The minimum Gasteiger partial charge on any atom is -0.301 e. The zero-order valence-corrected chi connectivity index (χ0v) is 18.0. The van der Waals surface area contributed by atoms with E-state index < -0.39 is 19.7 Å². The summed E-state index contributed by atoms with van der Waals surface area (Å²) < 4.78 is 46.5. The van der Waals surface area contributed by atoms with Gasteiger partial charge in [0.25, 0.3) is 0 Å². The van der Waals surface area contributed by atoms with E-state index in [0.717, 1.165) is 19.4 Å². The summed E-state index contributed by atoms with van der Waals surface area (Å²) in [6.45, 7) is 4.97. The van der Waals surface area contributed by atoms with Crippen molar-refractivity contribution < 1.29 is 16.8 Å². The molecule has 0 atom stereocenters. The number of halogens is 2. The molecule has 0 aliphatic heterocycles. The van der Waals surface area contributed by atoms with Gasteiger partial charge in [0.15, 0.2) is 19.7 Å². The second-order valence-electron chi connectivity index (χ2n) is 5.73. The molecule has 25 heavy (non-hydrogen) atoms. The van der Waals surface area contributed by atoms with Crippen LogP contribution in [0.1, 0.15) is 19.8 Å². The van der Waals surface area contributed by atoms with Crippen molar-refractivity contribution in [2.45, 2.75) is 19.8 Å². The Kier molecular flexibility index (Phi) is 14.6. The predicted octanol–water partition coefficient (Wildman–Crippen LogP) is 0.490. The second-order valence-corrected chi connectivity index (χ2v) is 11.1. The van der Waals surface area contributed by atoms with Crippen molar-refractivity contribution in [2.75, 3.05) is 67.5 Å². The van der Waals surface area contributed by atoms with Crippen LogP contribution < -0.4 is 10.9 Å². The fourth-order valence-corrected chi connectivity index (χ4v) is 5.26. The Bertz CT molecular complexity index is 530. The van der Waals surface area contributed by atoms with E-state index in [1.165, 1.54) is 0 Å². The van der Waals surface area contributed by atoms with Crippen LogP contribution in [0.3, 0.4) is 0 Å². The van der Waals surface area contributed by atoms with Crippen LogP contribution in [0.5, 0.6) is 0 Å². The molecule has 0 fully saturated rings. The molecule has 0 aliphatic carbocycles. The van der Waals surface area contributed by atoms with Crippen LogP contribution in [0.15, 0.2) is 0 Å². The van der Waals surface area contributed by atoms with Gasteiger partial charge in [-0.3, -0.25) is 10.9 Å². The largest absolute Gasteiger partial charge is 0.301 e. The van der Waals surface area contributed by atoms with E-state index in [1.807, 2.05) is 0 Å². The van der Waals surface area contributed by atoms with Crippen LogP contribution in [0.25, 0.3) is 0 Å². The molecule has 0 radical (unpaired) electrons. The molecular formula is C14H31Cl2N3O4S2. The Labute approximate surface area is 162 Å². The van der Waals surface area contributed by atoms with Gasteiger partial charge in [0.2, 0.25) is 0 Å². The smallest absolute Gasteiger partial charge is 0.152 e. The maximum Gasteiger partial charge on any atom is 0.152 e. The van der Waals surface area contributed by atoms with Gasteiger partial charge in [-0.2, -0.15) is 0 Å². The first-order chi connectivity index (χ1) is 11.8. The summed E-state index contributed by atoms with van der Waals surface area (Å²) in [7, 11) is -6.20. The first-order valence-electron chi connectivity index (χ1n) is 8.47. The Hall–Kier alpha value is 0.360. The minimum atomic E-state index is -3.10. The van der Waals surface area contributed by atoms with Gasteiger partial charge >= 0.3 is 0 Å². The van der Waals surface area contributed by atoms with Crippen LogP contribution in [0.4, 0.5) is 0 Å². The van der Waals surface area contributed by atoms with Crippen molar-refractivity contribution in [1.82, 2.24) is 15.8 Å². The van der Waals surface area contributed by atoms with Crippen molar-refractivity contribution in [1.29, 1.82) is 0 Å². The lowest BCUT2D eigenvalue weighted by atomic mass is 10.3. The maximum absolute atomic E-state index is 11.8. The topological polar surface area (TPSA) is 95.6 Å². The number of hydrogen-bond acceptors (Lipinski definition) is 7. The Morgan fingerprint density at radius 1 is 0.760 bits per heavy atom. The fraction of sp³-hybridized carbons (Fsp3) is 1.00. The molecule has 0 heterocycles. The Balaban J connectivity index is 4.07. The summed E-state index contributed by atoms with van der Waals surface area (Å²) in [5.41, 5.74) is 5.84. The number of alkyl halides is 2. The second kappa shape index (κ2) is 14.4.